The molecule has 2 atom stereocenters. The summed E-state index contributed by atoms with van der Waals surface area (Å²) in [7, 11) is 0. The van der Waals surface area contributed by atoms with Crippen LogP contribution in [0.25, 0.3) is 0 Å². The zero-order valence-corrected chi connectivity index (χ0v) is 8.69. The van der Waals surface area contributed by atoms with Gasteiger partial charge in [-0.3, -0.25) is 0 Å². The number of hydrogen-bond acceptors (Lipinski definition) is 1. The second-order valence-electron chi connectivity index (χ2n) is 4.52. The first-order valence-electron chi connectivity index (χ1n) is 5.22. The summed E-state index contributed by atoms with van der Waals surface area (Å²) >= 11 is 0. The van der Waals surface area contributed by atoms with E-state index in [2.05, 4.69) is 5.32 Å². The van der Waals surface area contributed by atoms with E-state index in [1.165, 1.54) is 0 Å². The highest BCUT2D eigenvalue weighted by Gasteiger charge is 2.41. The molecule has 1 N–H and O–H groups in total. The van der Waals surface area contributed by atoms with Crippen LogP contribution in [0.5, 0.6) is 0 Å². The van der Waals surface area contributed by atoms with E-state index in [-0.39, 0.29) is 12.5 Å². The van der Waals surface area contributed by atoms with Crippen molar-refractivity contribution in [2.24, 2.45) is 5.92 Å². The maximum Gasteiger partial charge on any atom is 0.403 e. The van der Waals surface area contributed by atoms with Crippen LogP contribution in [0.4, 0.5) is 13.2 Å². The third-order valence-electron chi connectivity index (χ3n) is 2.63. The molecule has 14 heavy (non-hydrogen) atoms. The van der Waals surface area contributed by atoms with Crippen molar-refractivity contribution in [3.8, 4) is 0 Å². The number of alkyl halides is 3. The van der Waals surface area contributed by atoms with Gasteiger partial charge >= 0.3 is 6.18 Å². The Morgan fingerprint density at radius 3 is 2.43 bits per heavy atom. The molecule has 0 aromatic heterocycles. The van der Waals surface area contributed by atoms with Gasteiger partial charge in [0.05, 0.1) is 0 Å². The number of nitrogens with one attached hydrogen (secondary N) is 1. The van der Waals surface area contributed by atoms with Gasteiger partial charge in [-0.05, 0) is 25.2 Å². The van der Waals surface area contributed by atoms with Gasteiger partial charge in [0.15, 0.2) is 0 Å². The molecule has 0 aromatic rings. The average molecular weight is 209 g/mol. The second-order valence-corrected chi connectivity index (χ2v) is 4.52. The fourth-order valence-electron chi connectivity index (χ4n) is 2.03. The zero-order chi connectivity index (χ0) is 10.8. The molecule has 2 unspecified atom stereocenters. The fourth-order valence-corrected chi connectivity index (χ4v) is 2.03. The van der Waals surface area contributed by atoms with Gasteiger partial charge in [-0.1, -0.05) is 20.3 Å². The minimum Gasteiger partial charge on any atom is -0.303 e. The molecular formula is C10H18F3N. The largest absolute Gasteiger partial charge is 0.403 e. The molecule has 84 valence electrons. The summed E-state index contributed by atoms with van der Waals surface area (Å²) in [6.45, 7) is 4.08. The van der Waals surface area contributed by atoms with Crippen LogP contribution in [0, 0.1) is 5.92 Å². The number of hydrogen-bond donors (Lipinski definition) is 1. The molecule has 0 amide bonds. The predicted octanol–water partition coefficient (Wildman–Crippen LogP) is 3.11. The maximum absolute atomic E-state index is 12.4. The highest BCUT2D eigenvalue weighted by atomic mass is 19.4. The summed E-state index contributed by atoms with van der Waals surface area (Å²) in [6, 6.07) is -1.23. The van der Waals surface area contributed by atoms with Gasteiger partial charge in [-0.25, -0.2) is 0 Å². The normalized spacial score (nSPS) is 29.6. The van der Waals surface area contributed by atoms with E-state index in [9.17, 15) is 13.2 Å². The van der Waals surface area contributed by atoms with Gasteiger partial charge in [-0.15, -0.1) is 0 Å². The van der Waals surface area contributed by atoms with E-state index in [1.54, 1.807) is 0 Å². The molecule has 0 aromatic carbocycles. The van der Waals surface area contributed by atoms with Crippen LogP contribution >= 0.6 is 0 Å². The van der Waals surface area contributed by atoms with Gasteiger partial charge in [-0.2, -0.15) is 13.2 Å². The first kappa shape index (κ1) is 11.8. The number of piperidine rings is 1. The van der Waals surface area contributed by atoms with E-state index in [0.29, 0.717) is 12.3 Å². The summed E-state index contributed by atoms with van der Waals surface area (Å²) in [4.78, 5) is 0. The minimum absolute atomic E-state index is 0.0513. The molecule has 1 heterocycles. The van der Waals surface area contributed by atoms with Crippen LogP contribution in [0.2, 0.25) is 0 Å². The van der Waals surface area contributed by atoms with Gasteiger partial charge in [0.25, 0.3) is 0 Å². The Morgan fingerprint density at radius 1 is 1.29 bits per heavy atom. The Hall–Kier alpha value is -0.250. The quantitative estimate of drug-likeness (QED) is 0.736. The van der Waals surface area contributed by atoms with E-state index >= 15 is 0 Å². The molecule has 0 aliphatic carbocycles. The summed E-state index contributed by atoms with van der Waals surface area (Å²) in [5.74, 6) is 0.458. The molecule has 1 fully saturated rings. The van der Waals surface area contributed by atoms with Gasteiger partial charge < -0.3 is 5.32 Å². The Morgan fingerprint density at radius 2 is 1.93 bits per heavy atom. The van der Waals surface area contributed by atoms with Crippen molar-refractivity contribution >= 4 is 0 Å². The van der Waals surface area contributed by atoms with Crippen molar-refractivity contribution < 1.29 is 13.2 Å². The number of rotatable bonds is 2. The third kappa shape index (κ3) is 3.48. The summed E-state index contributed by atoms with van der Waals surface area (Å²) in [5, 5.41) is 2.70. The Bertz CT molecular complexity index is 177. The molecule has 4 heteroatoms. The molecule has 0 saturated carbocycles. The van der Waals surface area contributed by atoms with E-state index < -0.39 is 12.2 Å². The number of halogens is 3. The van der Waals surface area contributed by atoms with E-state index in [0.717, 1.165) is 12.8 Å². The first-order valence-corrected chi connectivity index (χ1v) is 5.22. The van der Waals surface area contributed by atoms with Crippen LogP contribution < -0.4 is 5.32 Å². The van der Waals surface area contributed by atoms with Crippen LogP contribution in [0.3, 0.4) is 0 Å². The van der Waals surface area contributed by atoms with Gasteiger partial charge in [0, 0.05) is 6.04 Å². The first-order chi connectivity index (χ1) is 6.39. The molecule has 1 aliphatic rings. The highest BCUT2D eigenvalue weighted by Crippen LogP contribution is 2.29. The Balaban J connectivity index is 2.44. The smallest absolute Gasteiger partial charge is 0.303 e. The SMILES string of the molecule is CC(C)CC1CCCC(C(F)(F)F)N1. The molecule has 1 nitrogen and oxygen atoms in total. The van der Waals surface area contributed by atoms with Crippen LogP contribution in [0.1, 0.15) is 39.5 Å². The van der Waals surface area contributed by atoms with Gasteiger partial charge in [0.1, 0.15) is 6.04 Å². The molecule has 1 aliphatic heterocycles. The maximum atomic E-state index is 12.4. The molecular weight excluding hydrogens is 191 g/mol. The second kappa shape index (κ2) is 4.51. The zero-order valence-electron chi connectivity index (χ0n) is 8.69. The lowest BCUT2D eigenvalue weighted by Crippen LogP contribution is -2.50. The summed E-state index contributed by atoms with van der Waals surface area (Å²) < 4.78 is 37.2. The monoisotopic (exact) mass is 209 g/mol. The van der Waals surface area contributed by atoms with Crippen LogP contribution in [-0.2, 0) is 0 Å². The van der Waals surface area contributed by atoms with Crippen LogP contribution in [0.15, 0.2) is 0 Å². The van der Waals surface area contributed by atoms with Crippen molar-refractivity contribution in [1.29, 1.82) is 0 Å². The minimum atomic E-state index is -4.07. The van der Waals surface area contributed by atoms with E-state index in [1.807, 2.05) is 13.8 Å². The lowest BCUT2D eigenvalue weighted by molar-refractivity contribution is -0.163. The van der Waals surface area contributed by atoms with Crippen molar-refractivity contribution in [2.45, 2.75) is 57.8 Å². The lowest BCUT2D eigenvalue weighted by atomic mass is 9.92. The lowest BCUT2D eigenvalue weighted by Gasteiger charge is -2.33. The Labute approximate surface area is 83.1 Å². The average Bonchev–Trinajstić information content (AvgIpc) is 2.01. The molecule has 1 saturated heterocycles. The van der Waals surface area contributed by atoms with Crippen molar-refractivity contribution in [3.63, 3.8) is 0 Å². The summed E-state index contributed by atoms with van der Waals surface area (Å²) in [5.41, 5.74) is 0. The topological polar surface area (TPSA) is 12.0 Å². The standard InChI is InChI=1S/C10H18F3N/c1-7(2)6-8-4-3-5-9(14-8)10(11,12)13/h7-9,14H,3-6H2,1-2H3. The highest BCUT2D eigenvalue weighted by molar-refractivity contribution is 4.85. The van der Waals surface area contributed by atoms with Crippen molar-refractivity contribution in [1.82, 2.24) is 5.32 Å². The van der Waals surface area contributed by atoms with Gasteiger partial charge in [0.2, 0.25) is 0 Å². The third-order valence-corrected chi connectivity index (χ3v) is 2.63. The van der Waals surface area contributed by atoms with Crippen LogP contribution in [-0.4, -0.2) is 18.3 Å². The molecule has 0 radical (unpaired) electrons. The Kier molecular flexibility index (Phi) is 3.81. The molecule has 0 bridgehead atoms. The fraction of sp³-hybridized carbons (Fsp3) is 1.00. The molecule has 0 spiro atoms. The van der Waals surface area contributed by atoms with E-state index in [4.69, 9.17) is 0 Å². The predicted molar refractivity (Wildman–Crippen MR) is 50.1 cm³/mol. The molecule has 1 rings (SSSR count). The van der Waals surface area contributed by atoms with Crippen molar-refractivity contribution in [3.05, 3.63) is 0 Å². The summed E-state index contributed by atoms with van der Waals surface area (Å²) in [6.07, 6.45) is -1.43. The van der Waals surface area contributed by atoms with Crippen molar-refractivity contribution in [2.75, 3.05) is 0 Å².